The molecule has 10 heavy (non-hydrogen) atoms. The summed E-state index contributed by atoms with van der Waals surface area (Å²) in [6, 6.07) is 0. The highest BCUT2D eigenvalue weighted by molar-refractivity contribution is 7.31. The fourth-order valence-electron chi connectivity index (χ4n) is 0.939. The molecule has 2 heterocycles. The number of H-pyrrole nitrogens is 1. The van der Waals surface area contributed by atoms with Gasteiger partial charge in [0, 0.05) is 0 Å². The van der Waals surface area contributed by atoms with Gasteiger partial charge < -0.3 is 0 Å². The molecule has 2 aromatic heterocycles. The van der Waals surface area contributed by atoms with Crippen LogP contribution >= 0.6 is 20.6 Å². The van der Waals surface area contributed by atoms with E-state index in [1.165, 1.54) is 15.8 Å². The fourth-order valence-corrected chi connectivity index (χ4v) is 2.25. The molecule has 0 fully saturated rings. The molecule has 0 bridgehead atoms. The van der Waals surface area contributed by atoms with Crippen molar-refractivity contribution in [1.29, 1.82) is 0 Å². The van der Waals surface area contributed by atoms with Crippen LogP contribution in [0.4, 0.5) is 0 Å². The normalized spacial score (nSPS) is 11.0. The Morgan fingerprint density at radius 2 is 2.50 bits per heavy atom. The molecule has 2 nitrogen and oxygen atoms in total. The van der Waals surface area contributed by atoms with Crippen molar-refractivity contribution in [2.24, 2.45) is 0 Å². The second-order valence-corrected chi connectivity index (χ2v) is 3.66. The summed E-state index contributed by atoms with van der Waals surface area (Å²) in [4.78, 5) is 0. The average Bonchev–Trinajstić information content (AvgIpc) is 2.41. The van der Waals surface area contributed by atoms with E-state index in [0.717, 1.165) is 5.44 Å². The number of aromatic amines is 1. The second-order valence-electron chi connectivity index (χ2n) is 2.23. The Morgan fingerprint density at radius 1 is 1.70 bits per heavy atom. The summed E-state index contributed by atoms with van der Waals surface area (Å²) in [5.74, 6) is 0. The quantitative estimate of drug-likeness (QED) is 0.595. The molecular weight excluding hydrogens is 163 g/mol. The number of aryl methyl sites for hydroxylation is 1. The van der Waals surface area contributed by atoms with Gasteiger partial charge in [0.05, 0.1) is 15.7 Å². The van der Waals surface area contributed by atoms with Gasteiger partial charge in [-0.2, -0.15) is 5.10 Å². The van der Waals surface area contributed by atoms with Crippen LogP contribution in [-0.4, -0.2) is 10.2 Å². The molecule has 0 amide bonds. The predicted octanol–water partition coefficient (Wildman–Crippen LogP) is 1.43. The highest BCUT2D eigenvalue weighted by Gasteiger charge is 2.04. The Hall–Kier alpha value is -0.400. The third kappa shape index (κ3) is 0.710. The first-order valence-electron chi connectivity index (χ1n) is 2.96. The SMILES string of the molecule is Cc1csc2c(P)n[nH]c12. The first-order valence-corrected chi connectivity index (χ1v) is 4.42. The molecule has 0 saturated carbocycles. The number of nitrogens with zero attached hydrogens (tertiary/aromatic N) is 1. The standard InChI is InChI=1S/C6H7N2PS/c1-3-2-10-5-4(3)7-8-6(5)9/h2H,9H2,1H3,(H,7,8). The predicted molar refractivity (Wildman–Crippen MR) is 48.1 cm³/mol. The van der Waals surface area contributed by atoms with Crippen LogP contribution in [0.25, 0.3) is 10.2 Å². The third-order valence-electron chi connectivity index (χ3n) is 1.50. The zero-order valence-electron chi connectivity index (χ0n) is 5.51. The maximum absolute atomic E-state index is 4.06. The van der Waals surface area contributed by atoms with Crippen molar-refractivity contribution in [1.82, 2.24) is 10.2 Å². The zero-order valence-corrected chi connectivity index (χ0v) is 7.48. The summed E-state index contributed by atoms with van der Waals surface area (Å²) in [5.41, 5.74) is 3.48. The molecule has 2 aromatic rings. The maximum Gasteiger partial charge on any atom is 0.0964 e. The van der Waals surface area contributed by atoms with Gasteiger partial charge >= 0.3 is 0 Å². The highest BCUT2D eigenvalue weighted by atomic mass is 32.1. The summed E-state index contributed by atoms with van der Waals surface area (Å²) in [7, 11) is 2.61. The molecule has 0 saturated heterocycles. The van der Waals surface area contributed by atoms with Crippen LogP contribution in [0.1, 0.15) is 5.56 Å². The van der Waals surface area contributed by atoms with Gasteiger partial charge in [-0.15, -0.1) is 11.3 Å². The van der Waals surface area contributed by atoms with E-state index < -0.39 is 0 Å². The smallest absolute Gasteiger partial charge is 0.0964 e. The largest absolute Gasteiger partial charge is 0.276 e. The lowest BCUT2D eigenvalue weighted by Gasteiger charge is -1.76. The van der Waals surface area contributed by atoms with E-state index in [2.05, 4.69) is 31.7 Å². The van der Waals surface area contributed by atoms with Crippen molar-refractivity contribution < 1.29 is 0 Å². The topological polar surface area (TPSA) is 28.7 Å². The van der Waals surface area contributed by atoms with Crippen LogP contribution in [0.5, 0.6) is 0 Å². The fraction of sp³-hybridized carbons (Fsp3) is 0.167. The van der Waals surface area contributed by atoms with Crippen LogP contribution in [0.2, 0.25) is 0 Å². The van der Waals surface area contributed by atoms with Gasteiger partial charge in [-0.25, -0.2) is 0 Å². The zero-order chi connectivity index (χ0) is 7.14. The Bertz CT molecular complexity index is 327. The first kappa shape index (κ1) is 6.32. The van der Waals surface area contributed by atoms with E-state index in [-0.39, 0.29) is 0 Å². The average molecular weight is 170 g/mol. The van der Waals surface area contributed by atoms with Crippen molar-refractivity contribution in [2.75, 3.05) is 0 Å². The lowest BCUT2D eigenvalue weighted by molar-refractivity contribution is 1.14. The summed E-state index contributed by atoms with van der Waals surface area (Å²) >= 11 is 1.73. The summed E-state index contributed by atoms with van der Waals surface area (Å²) in [6.45, 7) is 2.08. The molecule has 2 rings (SSSR count). The number of thiophene rings is 1. The Balaban J connectivity index is 2.95. The van der Waals surface area contributed by atoms with E-state index >= 15 is 0 Å². The second kappa shape index (κ2) is 2.04. The number of fused-ring (bicyclic) bond motifs is 1. The van der Waals surface area contributed by atoms with Crippen molar-refractivity contribution in [3.63, 3.8) is 0 Å². The van der Waals surface area contributed by atoms with E-state index in [1.54, 1.807) is 11.3 Å². The summed E-state index contributed by atoms with van der Waals surface area (Å²) in [6.07, 6.45) is 0. The minimum atomic E-state index is 1.02. The Kier molecular flexibility index (Phi) is 1.29. The van der Waals surface area contributed by atoms with E-state index in [4.69, 9.17) is 0 Å². The number of nitrogens with one attached hydrogen (secondary N) is 1. The van der Waals surface area contributed by atoms with Crippen LogP contribution in [-0.2, 0) is 0 Å². The van der Waals surface area contributed by atoms with Gasteiger partial charge in [0.25, 0.3) is 0 Å². The van der Waals surface area contributed by atoms with Gasteiger partial charge in [0.2, 0.25) is 0 Å². The van der Waals surface area contributed by atoms with E-state index in [9.17, 15) is 0 Å². The highest BCUT2D eigenvalue weighted by Crippen LogP contribution is 2.21. The van der Waals surface area contributed by atoms with Gasteiger partial charge in [-0.05, 0) is 17.9 Å². The van der Waals surface area contributed by atoms with E-state index in [0.29, 0.717) is 0 Å². The molecule has 4 heteroatoms. The molecule has 0 aliphatic heterocycles. The maximum atomic E-state index is 4.06. The van der Waals surface area contributed by atoms with Crippen molar-refractivity contribution >= 4 is 36.2 Å². The molecule has 0 aromatic carbocycles. The first-order chi connectivity index (χ1) is 4.79. The molecule has 0 radical (unpaired) electrons. The van der Waals surface area contributed by atoms with Crippen LogP contribution in [0.15, 0.2) is 5.38 Å². The van der Waals surface area contributed by atoms with Crippen molar-refractivity contribution in [3.8, 4) is 0 Å². The molecule has 0 aliphatic carbocycles. The Morgan fingerprint density at radius 3 is 3.20 bits per heavy atom. The number of aromatic nitrogens is 2. The number of hydrogen-bond donors (Lipinski definition) is 1. The van der Waals surface area contributed by atoms with Gasteiger partial charge in [0.1, 0.15) is 0 Å². The molecule has 52 valence electrons. The summed E-state index contributed by atoms with van der Waals surface area (Å²) < 4.78 is 1.25. The van der Waals surface area contributed by atoms with Gasteiger partial charge in [0.15, 0.2) is 0 Å². The minimum Gasteiger partial charge on any atom is -0.276 e. The van der Waals surface area contributed by atoms with Crippen molar-refractivity contribution in [2.45, 2.75) is 6.92 Å². The Labute approximate surface area is 64.8 Å². The molecular formula is C6H7N2PS. The van der Waals surface area contributed by atoms with E-state index in [1.807, 2.05) is 0 Å². The lowest BCUT2D eigenvalue weighted by Crippen LogP contribution is -1.87. The third-order valence-corrected chi connectivity index (χ3v) is 3.24. The van der Waals surface area contributed by atoms with Crippen LogP contribution < -0.4 is 5.44 Å². The molecule has 1 N–H and O–H groups in total. The minimum absolute atomic E-state index is 1.02. The lowest BCUT2D eigenvalue weighted by atomic mass is 10.3. The molecule has 1 unspecified atom stereocenters. The number of hydrogen-bond acceptors (Lipinski definition) is 2. The van der Waals surface area contributed by atoms with Crippen LogP contribution in [0, 0.1) is 6.92 Å². The monoisotopic (exact) mass is 170 g/mol. The summed E-state index contributed by atoms with van der Waals surface area (Å²) in [5, 5.41) is 9.18. The van der Waals surface area contributed by atoms with Gasteiger partial charge in [-0.1, -0.05) is 9.24 Å². The molecule has 1 atom stereocenters. The molecule has 0 spiro atoms. The number of rotatable bonds is 0. The van der Waals surface area contributed by atoms with Crippen LogP contribution in [0.3, 0.4) is 0 Å². The van der Waals surface area contributed by atoms with Gasteiger partial charge in [-0.3, -0.25) is 5.10 Å². The van der Waals surface area contributed by atoms with Crippen molar-refractivity contribution in [3.05, 3.63) is 10.9 Å². The molecule has 0 aliphatic rings.